The van der Waals surface area contributed by atoms with Crippen molar-refractivity contribution in [1.82, 2.24) is 4.98 Å². The van der Waals surface area contributed by atoms with Crippen molar-refractivity contribution in [2.45, 2.75) is 12.8 Å². The van der Waals surface area contributed by atoms with Crippen molar-refractivity contribution in [3.8, 4) is 11.5 Å². The topological polar surface area (TPSA) is 51.3 Å². The third kappa shape index (κ3) is 3.14. The van der Waals surface area contributed by atoms with Gasteiger partial charge in [0.05, 0.1) is 13.5 Å². The van der Waals surface area contributed by atoms with E-state index in [4.69, 9.17) is 9.47 Å². The zero-order valence-electron chi connectivity index (χ0n) is 14.5. The molecule has 1 heterocycles. The maximum atomic E-state index is 12.3. The number of ether oxygens (including phenoxy) is 2. The monoisotopic (exact) mass is 345 g/mol. The standard InChI is InChI=1S/C22H19NO3/c1-25-21-9-5-2-6-15(21)10-13-22(24)26-16-11-12-20-18(14-16)17-7-3-4-8-19(17)23-20/h2-9,11-12,14,23H,10,13H2,1H3. The number of benzene rings is 3. The SMILES string of the molecule is COc1ccccc1CCC(=O)Oc1ccc2[nH]c3ccccc3c2c1. The molecule has 0 radical (unpaired) electrons. The van der Waals surface area contributed by atoms with Gasteiger partial charge >= 0.3 is 5.97 Å². The number of aromatic nitrogens is 1. The highest BCUT2D eigenvalue weighted by Gasteiger charge is 2.10. The zero-order chi connectivity index (χ0) is 17.9. The van der Waals surface area contributed by atoms with Gasteiger partial charge in [-0.25, -0.2) is 0 Å². The van der Waals surface area contributed by atoms with Crippen LogP contribution in [0.25, 0.3) is 21.8 Å². The van der Waals surface area contributed by atoms with Crippen molar-refractivity contribution in [3.05, 3.63) is 72.3 Å². The van der Waals surface area contributed by atoms with Crippen LogP contribution in [0, 0.1) is 0 Å². The van der Waals surface area contributed by atoms with Crippen LogP contribution in [0.15, 0.2) is 66.7 Å². The van der Waals surface area contributed by atoms with Crippen molar-refractivity contribution in [3.63, 3.8) is 0 Å². The highest BCUT2D eigenvalue weighted by atomic mass is 16.5. The third-order valence-corrected chi connectivity index (χ3v) is 4.50. The molecule has 0 atom stereocenters. The van der Waals surface area contributed by atoms with E-state index in [1.807, 2.05) is 60.7 Å². The van der Waals surface area contributed by atoms with Crippen molar-refractivity contribution in [2.24, 2.45) is 0 Å². The van der Waals surface area contributed by atoms with Crippen molar-refractivity contribution in [1.29, 1.82) is 0 Å². The van der Waals surface area contributed by atoms with E-state index in [2.05, 4.69) is 11.1 Å². The maximum absolute atomic E-state index is 12.3. The van der Waals surface area contributed by atoms with E-state index in [9.17, 15) is 4.79 Å². The number of para-hydroxylation sites is 2. The molecular weight excluding hydrogens is 326 g/mol. The lowest BCUT2D eigenvalue weighted by Gasteiger charge is -2.08. The second kappa shape index (κ2) is 6.92. The van der Waals surface area contributed by atoms with Crippen LogP contribution in [-0.4, -0.2) is 18.1 Å². The molecule has 0 bridgehead atoms. The molecule has 0 spiro atoms. The predicted molar refractivity (Wildman–Crippen MR) is 103 cm³/mol. The van der Waals surface area contributed by atoms with E-state index in [0.717, 1.165) is 33.1 Å². The molecular formula is C22H19NO3. The number of fused-ring (bicyclic) bond motifs is 3. The number of carbonyl (C=O) groups excluding carboxylic acids is 1. The lowest BCUT2D eigenvalue weighted by Crippen LogP contribution is -2.09. The van der Waals surface area contributed by atoms with Gasteiger partial charge in [0.1, 0.15) is 11.5 Å². The van der Waals surface area contributed by atoms with Crippen molar-refractivity contribution >= 4 is 27.8 Å². The van der Waals surface area contributed by atoms with Gasteiger partial charge in [0.2, 0.25) is 0 Å². The summed E-state index contributed by atoms with van der Waals surface area (Å²) in [6.07, 6.45) is 0.879. The molecule has 4 aromatic rings. The van der Waals surface area contributed by atoms with Crippen molar-refractivity contribution < 1.29 is 14.3 Å². The van der Waals surface area contributed by atoms with Crippen LogP contribution in [0.4, 0.5) is 0 Å². The molecule has 0 fully saturated rings. The van der Waals surface area contributed by atoms with E-state index in [1.54, 1.807) is 7.11 Å². The van der Waals surface area contributed by atoms with Gasteiger partial charge in [0, 0.05) is 21.8 Å². The number of aryl methyl sites for hydroxylation is 1. The largest absolute Gasteiger partial charge is 0.496 e. The fraction of sp³-hybridized carbons (Fsp3) is 0.136. The summed E-state index contributed by atoms with van der Waals surface area (Å²) in [7, 11) is 1.63. The number of esters is 1. The Bertz CT molecular complexity index is 1080. The third-order valence-electron chi connectivity index (χ3n) is 4.50. The summed E-state index contributed by atoms with van der Waals surface area (Å²) in [5, 5.41) is 2.17. The fourth-order valence-electron chi connectivity index (χ4n) is 3.22. The summed E-state index contributed by atoms with van der Waals surface area (Å²) in [6, 6.07) is 21.5. The second-order valence-electron chi connectivity index (χ2n) is 6.16. The highest BCUT2D eigenvalue weighted by molar-refractivity contribution is 6.07. The molecule has 3 aromatic carbocycles. The van der Waals surface area contributed by atoms with Crippen LogP contribution >= 0.6 is 0 Å². The number of methoxy groups -OCH3 is 1. The minimum atomic E-state index is -0.255. The summed E-state index contributed by atoms with van der Waals surface area (Å²) in [5.74, 6) is 1.10. The lowest BCUT2D eigenvalue weighted by atomic mass is 10.1. The number of aromatic amines is 1. The number of hydrogen-bond donors (Lipinski definition) is 1. The van der Waals surface area contributed by atoms with Gasteiger partial charge < -0.3 is 14.5 Å². The molecule has 0 amide bonds. The first-order valence-electron chi connectivity index (χ1n) is 8.57. The minimum Gasteiger partial charge on any atom is -0.496 e. The lowest BCUT2D eigenvalue weighted by molar-refractivity contribution is -0.134. The summed E-state index contributed by atoms with van der Waals surface area (Å²) < 4.78 is 10.9. The van der Waals surface area contributed by atoms with E-state index < -0.39 is 0 Å². The van der Waals surface area contributed by atoms with Gasteiger partial charge in [-0.1, -0.05) is 36.4 Å². The van der Waals surface area contributed by atoms with Gasteiger partial charge in [0.15, 0.2) is 0 Å². The first kappa shape index (κ1) is 16.2. The maximum Gasteiger partial charge on any atom is 0.311 e. The van der Waals surface area contributed by atoms with E-state index >= 15 is 0 Å². The average Bonchev–Trinajstić information content (AvgIpc) is 3.04. The predicted octanol–water partition coefficient (Wildman–Crippen LogP) is 4.87. The van der Waals surface area contributed by atoms with Crippen LogP contribution in [0.5, 0.6) is 11.5 Å². The first-order chi connectivity index (χ1) is 12.7. The Hall–Kier alpha value is -3.27. The first-order valence-corrected chi connectivity index (χ1v) is 8.57. The Balaban J connectivity index is 1.49. The van der Waals surface area contributed by atoms with Crippen LogP contribution in [0.2, 0.25) is 0 Å². The van der Waals surface area contributed by atoms with Crippen LogP contribution in [0.1, 0.15) is 12.0 Å². The Labute approximate surface area is 151 Å². The summed E-state index contributed by atoms with van der Waals surface area (Å²) >= 11 is 0. The molecule has 0 aliphatic carbocycles. The van der Waals surface area contributed by atoms with Crippen LogP contribution in [-0.2, 0) is 11.2 Å². The van der Waals surface area contributed by atoms with Gasteiger partial charge in [-0.05, 0) is 42.3 Å². The molecule has 0 aliphatic heterocycles. The molecule has 4 nitrogen and oxygen atoms in total. The van der Waals surface area contributed by atoms with E-state index in [0.29, 0.717) is 18.6 Å². The Kier molecular flexibility index (Phi) is 4.32. The molecule has 0 unspecified atom stereocenters. The number of nitrogens with one attached hydrogen (secondary N) is 1. The van der Waals surface area contributed by atoms with Crippen molar-refractivity contribution in [2.75, 3.05) is 7.11 Å². The van der Waals surface area contributed by atoms with Gasteiger partial charge in [-0.15, -0.1) is 0 Å². The number of carbonyl (C=O) groups is 1. The number of hydrogen-bond acceptors (Lipinski definition) is 3. The quantitative estimate of drug-likeness (QED) is 0.415. The summed E-state index contributed by atoms with van der Waals surface area (Å²) in [5.41, 5.74) is 3.10. The molecule has 0 aliphatic rings. The molecule has 4 heteroatoms. The van der Waals surface area contributed by atoms with E-state index in [-0.39, 0.29) is 5.97 Å². The van der Waals surface area contributed by atoms with Gasteiger partial charge in [0.25, 0.3) is 0 Å². The van der Waals surface area contributed by atoms with Crippen LogP contribution in [0.3, 0.4) is 0 Å². The van der Waals surface area contributed by atoms with Gasteiger partial charge in [-0.3, -0.25) is 4.79 Å². The number of rotatable bonds is 5. The molecule has 4 rings (SSSR count). The Morgan fingerprint density at radius 3 is 2.58 bits per heavy atom. The molecule has 1 aromatic heterocycles. The Morgan fingerprint density at radius 2 is 1.69 bits per heavy atom. The smallest absolute Gasteiger partial charge is 0.311 e. The summed E-state index contributed by atoms with van der Waals surface area (Å²) in [6.45, 7) is 0. The normalized spacial score (nSPS) is 11.0. The minimum absolute atomic E-state index is 0.255. The number of H-pyrrole nitrogens is 1. The molecule has 1 N–H and O–H groups in total. The molecule has 0 saturated heterocycles. The van der Waals surface area contributed by atoms with Gasteiger partial charge in [-0.2, -0.15) is 0 Å². The van der Waals surface area contributed by atoms with Crippen LogP contribution < -0.4 is 9.47 Å². The second-order valence-corrected chi connectivity index (χ2v) is 6.16. The highest BCUT2D eigenvalue weighted by Crippen LogP contribution is 2.28. The average molecular weight is 345 g/mol. The zero-order valence-corrected chi connectivity index (χ0v) is 14.5. The molecule has 26 heavy (non-hydrogen) atoms. The summed E-state index contributed by atoms with van der Waals surface area (Å²) in [4.78, 5) is 15.6. The van der Waals surface area contributed by atoms with E-state index in [1.165, 1.54) is 0 Å². The Morgan fingerprint density at radius 1 is 0.923 bits per heavy atom. The fourth-order valence-corrected chi connectivity index (χ4v) is 3.22. The molecule has 130 valence electrons. The molecule has 0 saturated carbocycles.